The van der Waals surface area contributed by atoms with Gasteiger partial charge in [-0.05, 0) is 53.4 Å². The first-order chi connectivity index (χ1) is 15.6. The molecule has 6 atom stereocenters. The Kier molecular flexibility index (Phi) is 8.69. The number of allylic oxidation sites excluding steroid dienone is 3. The summed E-state index contributed by atoms with van der Waals surface area (Å²) in [7, 11) is 0. The fourth-order valence-electron chi connectivity index (χ4n) is 4.31. The van der Waals surface area contributed by atoms with Crippen molar-refractivity contribution in [3.63, 3.8) is 0 Å². The Morgan fingerprint density at radius 2 is 2.00 bits per heavy atom. The monoisotopic (exact) mass is 466 g/mol. The predicted octanol–water partition coefficient (Wildman–Crippen LogP) is 2.02. The minimum Gasteiger partial charge on any atom is -0.387 e. The van der Waals surface area contributed by atoms with Crippen LogP contribution in [0.1, 0.15) is 59.8 Å². The number of nitrogens with zero attached hydrogens (tertiary/aromatic N) is 1. The fraction of sp³-hybridized carbons (Fsp3) is 0.750. The van der Waals surface area contributed by atoms with Crippen LogP contribution in [0.2, 0.25) is 0 Å². The number of aliphatic hydroxyl groups is 2. The number of rotatable bonds is 11. The molecule has 0 aromatic rings. The highest BCUT2D eigenvalue weighted by atomic mass is 16.6. The van der Waals surface area contributed by atoms with E-state index in [0.717, 1.165) is 25.7 Å². The van der Waals surface area contributed by atoms with Crippen molar-refractivity contribution in [2.75, 3.05) is 19.8 Å². The van der Waals surface area contributed by atoms with Gasteiger partial charge in [-0.2, -0.15) is 0 Å². The predicted molar refractivity (Wildman–Crippen MR) is 121 cm³/mol. The van der Waals surface area contributed by atoms with E-state index in [4.69, 9.17) is 14.2 Å². The Bertz CT molecular complexity index is 779. The number of carbonyl (C=O) groups excluding carboxylic acids is 2. The van der Waals surface area contributed by atoms with Crippen LogP contribution in [0.3, 0.4) is 0 Å². The minimum atomic E-state index is -1.26. The van der Waals surface area contributed by atoms with E-state index in [1.807, 2.05) is 6.08 Å². The number of ether oxygens (including phenoxy) is 3. The number of imide groups is 1. The van der Waals surface area contributed by atoms with Gasteiger partial charge in [-0.25, -0.2) is 4.79 Å². The van der Waals surface area contributed by atoms with E-state index in [2.05, 4.69) is 39.1 Å². The third-order valence-corrected chi connectivity index (χ3v) is 6.59. The lowest BCUT2D eigenvalue weighted by atomic mass is 9.96. The highest BCUT2D eigenvalue weighted by Gasteiger charge is 2.50. The van der Waals surface area contributed by atoms with Crippen LogP contribution in [0.15, 0.2) is 23.3 Å². The second-order valence-electron chi connectivity index (χ2n) is 9.71. The number of carbonyl (C=O) groups is 2. The highest BCUT2D eigenvalue weighted by molar-refractivity contribution is 5.96. The average Bonchev–Trinajstić information content (AvgIpc) is 3.31. The Balaban J connectivity index is 1.35. The molecule has 0 unspecified atom stereocenters. The first-order valence-electron chi connectivity index (χ1n) is 11.8. The Morgan fingerprint density at radius 3 is 2.70 bits per heavy atom. The highest BCUT2D eigenvalue weighted by Crippen LogP contribution is 2.43. The molecule has 3 aliphatic rings. The molecule has 0 aliphatic carbocycles. The van der Waals surface area contributed by atoms with Crippen molar-refractivity contribution in [1.82, 2.24) is 10.2 Å². The van der Waals surface area contributed by atoms with Crippen molar-refractivity contribution in [2.45, 2.75) is 96.0 Å². The van der Waals surface area contributed by atoms with Crippen molar-refractivity contribution in [3.05, 3.63) is 23.3 Å². The van der Waals surface area contributed by atoms with Crippen LogP contribution < -0.4 is 5.32 Å². The average molecular weight is 467 g/mol. The summed E-state index contributed by atoms with van der Waals surface area (Å²) in [5, 5.41) is 22.8. The van der Waals surface area contributed by atoms with Crippen LogP contribution in [-0.4, -0.2) is 83.1 Å². The zero-order valence-electron chi connectivity index (χ0n) is 20.1. The molecule has 0 saturated carbocycles. The Labute approximate surface area is 195 Å². The zero-order valence-corrected chi connectivity index (χ0v) is 20.1. The fourth-order valence-corrected chi connectivity index (χ4v) is 4.31. The lowest BCUT2D eigenvalue weighted by Gasteiger charge is -2.32. The summed E-state index contributed by atoms with van der Waals surface area (Å²) in [6.07, 6.45) is 4.46. The molecule has 0 aromatic heterocycles. The molecule has 0 radical (unpaired) electrons. The lowest BCUT2D eigenvalue weighted by Crippen LogP contribution is -2.56. The molecule has 186 valence electrons. The van der Waals surface area contributed by atoms with E-state index >= 15 is 0 Å². The van der Waals surface area contributed by atoms with Crippen molar-refractivity contribution in [3.8, 4) is 0 Å². The van der Waals surface area contributed by atoms with Crippen molar-refractivity contribution < 1.29 is 34.0 Å². The minimum absolute atomic E-state index is 0.00535. The molecule has 3 aliphatic heterocycles. The topological polar surface area (TPSA) is 121 Å². The summed E-state index contributed by atoms with van der Waals surface area (Å²) in [6, 6.07) is -0.629. The molecule has 9 heteroatoms. The molecule has 3 amide bonds. The first-order valence-corrected chi connectivity index (χ1v) is 11.8. The number of epoxide rings is 1. The molecule has 33 heavy (non-hydrogen) atoms. The second-order valence-corrected chi connectivity index (χ2v) is 9.71. The van der Waals surface area contributed by atoms with Gasteiger partial charge < -0.3 is 24.4 Å². The molecule has 0 spiro atoms. The number of urea groups is 1. The van der Waals surface area contributed by atoms with E-state index in [0.29, 0.717) is 12.7 Å². The van der Waals surface area contributed by atoms with Gasteiger partial charge in [0.15, 0.2) is 6.23 Å². The number of aliphatic hydroxyl groups excluding tert-OH is 2. The number of amides is 3. The summed E-state index contributed by atoms with van der Waals surface area (Å²) >= 11 is 0. The van der Waals surface area contributed by atoms with Gasteiger partial charge in [-0.3, -0.25) is 15.0 Å². The van der Waals surface area contributed by atoms with Gasteiger partial charge in [-0.1, -0.05) is 23.3 Å². The summed E-state index contributed by atoms with van der Waals surface area (Å²) in [5.41, 5.74) is 2.54. The number of nitrogens with one attached hydrogen (secondary N) is 1. The number of hydrogen-bond donors (Lipinski definition) is 3. The van der Waals surface area contributed by atoms with Gasteiger partial charge in [0.2, 0.25) is 5.91 Å². The maximum atomic E-state index is 12.0. The SMILES string of the molecule is CC(C)=CCC[C@]1(C)O[C@H]1CC/C(C)=C/COC[C@H]1O[C@@H](N2CCC(=O)NC2=O)[C@H](O)[C@@H]1O. The van der Waals surface area contributed by atoms with E-state index in [1.165, 1.54) is 16.0 Å². The van der Waals surface area contributed by atoms with Crippen molar-refractivity contribution in [2.24, 2.45) is 0 Å². The lowest BCUT2D eigenvalue weighted by molar-refractivity contribution is -0.126. The Hall–Kier alpha value is -1.78. The quantitative estimate of drug-likeness (QED) is 0.242. The second kappa shape index (κ2) is 11.1. The maximum Gasteiger partial charge on any atom is 0.326 e. The van der Waals surface area contributed by atoms with Crippen molar-refractivity contribution in [1.29, 1.82) is 0 Å². The molecule has 0 aromatic carbocycles. The summed E-state index contributed by atoms with van der Waals surface area (Å²) in [6.45, 7) is 9.04. The maximum absolute atomic E-state index is 12.0. The van der Waals surface area contributed by atoms with Crippen LogP contribution in [0.25, 0.3) is 0 Å². The van der Waals surface area contributed by atoms with E-state index in [1.54, 1.807) is 0 Å². The smallest absolute Gasteiger partial charge is 0.326 e. The van der Waals surface area contributed by atoms with Crippen LogP contribution >= 0.6 is 0 Å². The van der Waals surface area contributed by atoms with Gasteiger partial charge in [0.25, 0.3) is 0 Å². The molecule has 0 bridgehead atoms. The normalized spacial score (nSPS) is 34.4. The van der Waals surface area contributed by atoms with Gasteiger partial charge >= 0.3 is 6.03 Å². The van der Waals surface area contributed by atoms with E-state index in [9.17, 15) is 19.8 Å². The third-order valence-electron chi connectivity index (χ3n) is 6.59. The Morgan fingerprint density at radius 1 is 1.24 bits per heavy atom. The molecule has 3 N–H and O–H groups in total. The number of hydrogen-bond acceptors (Lipinski definition) is 7. The zero-order chi connectivity index (χ0) is 24.2. The molecule has 3 heterocycles. The molecule has 3 saturated heterocycles. The molecule has 3 rings (SSSR count). The van der Waals surface area contributed by atoms with Gasteiger partial charge in [-0.15, -0.1) is 0 Å². The van der Waals surface area contributed by atoms with Crippen LogP contribution in [-0.2, 0) is 19.0 Å². The molecule has 9 nitrogen and oxygen atoms in total. The largest absolute Gasteiger partial charge is 0.387 e. The first kappa shape index (κ1) is 25.8. The van der Waals surface area contributed by atoms with Gasteiger partial charge in [0.05, 0.1) is 24.9 Å². The standard InChI is InChI=1S/C24H38N2O7/c1-15(2)6-5-11-24(4)18(33-24)8-7-16(3)10-13-31-14-17-20(28)21(29)22(32-17)26-12-9-19(27)25-23(26)30/h6,10,17-18,20-22,28-29H,5,7-9,11-14H2,1-4H3,(H,25,27,30)/b16-10+/t17-,18+,20-,21-,22-,24+/m1/s1. The summed E-state index contributed by atoms with van der Waals surface area (Å²) in [5.74, 6) is -0.368. The van der Waals surface area contributed by atoms with Crippen molar-refractivity contribution >= 4 is 11.9 Å². The molecular formula is C24H38N2O7. The van der Waals surface area contributed by atoms with Crippen LogP contribution in [0, 0.1) is 0 Å². The van der Waals surface area contributed by atoms with Crippen LogP contribution in [0.5, 0.6) is 0 Å². The van der Waals surface area contributed by atoms with E-state index in [-0.39, 0.29) is 31.1 Å². The third kappa shape index (κ3) is 6.86. The summed E-state index contributed by atoms with van der Waals surface area (Å²) in [4.78, 5) is 24.5. The van der Waals surface area contributed by atoms with Gasteiger partial charge in [0.1, 0.15) is 18.3 Å². The molecular weight excluding hydrogens is 428 g/mol. The van der Waals surface area contributed by atoms with E-state index < -0.39 is 30.6 Å². The summed E-state index contributed by atoms with van der Waals surface area (Å²) < 4.78 is 17.2. The van der Waals surface area contributed by atoms with Crippen LogP contribution in [0.4, 0.5) is 4.79 Å². The van der Waals surface area contributed by atoms with Gasteiger partial charge in [0, 0.05) is 13.0 Å². The molecule has 3 fully saturated rings.